The Morgan fingerprint density at radius 1 is 1.36 bits per heavy atom. The van der Waals surface area contributed by atoms with Crippen LogP contribution in [-0.4, -0.2) is 9.97 Å². The Morgan fingerprint density at radius 3 is 2.50 bits per heavy atom. The summed E-state index contributed by atoms with van der Waals surface area (Å²) < 4.78 is 0.838. The molecule has 0 aliphatic heterocycles. The first-order valence-corrected chi connectivity index (χ1v) is 5.92. The molecule has 0 saturated heterocycles. The number of halogens is 2. The highest BCUT2D eigenvalue weighted by Gasteiger charge is 2.10. The number of hydrogen-bond donors (Lipinski definition) is 0. The summed E-state index contributed by atoms with van der Waals surface area (Å²) >= 11 is 9.40. The molecule has 0 amide bonds. The maximum absolute atomic E-state index is 5.98. The molecule has 0 aliphatic rings. The van der Waals surface area contributed by atoms with Gasteiger partial charge in [-0.05, 0) is 28.3 Å². The Labute approximate surface area is 98.2 Å². The second-order valence-corrected chi connectivity index (χ2v) is 4.79. The van der Waals surface area contributed by atoms with Crippen molar-refractivity contribution in [3.8, 4) is 0 Å². The van der Waals surface area contributed by atoms with Crippen molar-refractivity contribution in [1.29, 1.82) is 0 Å². The van der Waals surface area contributed by atoms with Crippen LogP contribution in [0.5, 0.6) is 0 Å². The van der Waals surface area contributed by atoms with Crippen molar-refractivity contribution in [3.05, 3.63) is 21.1 Å². The van der Waals surface area contributed by atoms with E-state index in [2.05, 4.69) is 39.7 Å². The van der Waals surface area contributed by atoms with Gasteiger partial charge in [0, 0.05) is 6.42 Å². The largest absolute Gasteiger partial charge is 0.237 e. The number of aromatic nitrogens is 2. The standard InChI is InChI=1S/C10H14BrClN2/c1-4-8-13-7(5-6(2)3)9(11)10(12)14-8/h6H,4-5H2,1-3H3. The van der Waals surface area contributed by atoms with E-state index in [1.807, 2.05) is 6.92 Å². The van der Waals surface area contributed by atoms with Crippen LogP contribution < -0.4 is 0 Å². The third kappa shape index (κ3) is 2.92. The molecule has 0 radical (unpaired) electrons. The van der Waals surface area contributed by atoms with Crippen molar-refractivity contribution in [3.63, 3.8) is 0 Å². The molecule has 0 bridgehead atoms. The third-order valence-corrected chi connectivity index (χ3v) is 3.18. The summed E-state index contributed by atoms with van der Waals surface area (Å²) in [6.45, 7) is 6.35. The van der Waals surface area contributed by atoms with Crippen LogP contribution in [0.15, 0.2) is 4.47 Å². The Kier molecular flexibility index (Phi) is 4.32. The molecule has 0 aromatic carbocycles. The Hall–Kier alpha value is -0.150. The van der Waals surface area contributed by atoms with Crippen LogP contribution in [0.3, 0.4) is 0 Å². The molecular formula is C10H14BrClN2. The van der Waals surface area contributed by atoms with E-state index >= 15 is 0 Å². The lowest BCUT2D eigenvalue weighted by Crippen LogP contribution is -2.04. The van der Waals surface area contributed by atoms with E-state index < -0.39 is 0 Å². The predicted molar refractivity (Wildman–Crippen MR) is 62.7 cm³/mol. The summed E-state index contributed by atoms with van der Waals surface area (Å²) in [5, 5.41) is 0.521. The summed E-state index contributed by atoms with van der Waals surface area (Å²) in [6, 6.07) is 0. The molecular weight excluding hydrogens is 263 g/mol. The molecule has 0 spiro atoms. The van der Waals surface area contributed by atoms with Gasteiger partial charge in [0.25, 0.3) is 0 Å². The average molecular weight is 278 g/mol. The fourth-order valence-electron chi connectivity index (χ4n) is 1.19. The van der Waals surface area contributed by atoms with Crippen LogP contribution in [0.4, 0.5) is 0 Å². The van der Waals surface area contributed by atoms with E-state index in [9.17, 15) is 0 Å². The van der Waals surface area contributed by atoms with E-state index in [1.165, 1.54) is 0 Å². The smallest absolute Gasteiger partial charge is 0.147 e. The second-order valence-electron chi connectivity index (χ2n) is 3.64. The highest BCUT2D eigenvalue weighted by atomic mass is 79.9. The molecule has 0 aliphatic carbocycles. The van der Waals surface area contributed by atoms with Crippen LogP contribution in [0.1, 0.15) is 32.3 Å². The Balaban J connectivity index is 3.07. The SMILES string of the molecule is CCc1nc(Cl)c(Br)c(CC(C)C)n1. The lowest BCUT2D eigenvalue weighted by molar-refractivity contribution is 0.628. The predicted octanol–water partition coefficient (Wildman–Crippen LogP) is 3.65. The highest BCUT2D eigenvalue weighted by Crippen LogP contribution is 2.25. The van der Waals surface area contributed by atoms with Gasteiger partial charge in [-0.2, -0.15) is 0 Å². The van der Waals surface area contributed by atoms with E-state index in [0.717, 1.165) is 28.8 Å². The number of rotatable bonds is 3. The zero-order valence-electron chi connectivity index (χ0n) is 8.64. The van der Waals surface area contributed by atoms with E-state index in [0.29, 0.717) is 11.1 Å². The topological polar surface area (TPSA) is 25.8 Å². The minimum absolute atomic E-state index is 0.521. The van der Waals surface area contributed by atoms with Gasteiger partial charge >= 0.3 is 0 Å². The summed E-state index contributed by atoms with van der Waals surface area (Å²) in [6.07, 6.45) is 1.74. The van der Waals surface area contributed by atoms with Crippen molar-refractivity contribution in [1.82, 2.24) is 9.97 Å². The molecule has 0 unspecified atom stereocenters. The monoisotopic (exact) mass is 276 g/mol. The summed E-state index contributed by atoms with van der Waals surface area (Å²) in [5.74, 6) is 1.39. The van der Waals surface area contributed by atoms with Gasteiger partial charge in [-0.3, -0.25) is 0 Å². The van der Waals surface area contributed by atoms with Crippen molar-refractivity contribution in [2.45, 2.75) is 33.6 Å². The third-order valence-electron chi connectivity index (χ3n) is 1.84. The first-order chi connectivity index (χ1) is 6.54. The van der Waals surface area contributed by atoms with Crippen LogP contribution in [0.25, 0.3) is 0 Å². The molecule has 14 heavy (non-hydrogen) atoms. The van der Waals surface area contributed by atoms with Crippen LogP contribution in [0, 0.1) is 5.92 Å². The normalized spacial score (nSPS) is 11.0. The first-order valence-electron chi connectivity index (χ1n) is 4.75. The molecule has 1 aromatic rings. The fraction of sp³-hybridized carbons (Fsp3) is 0.600. The van der Waals surface area contributed by atoms with Gasteiger partial charge in [-0.1, -0.05) is 32.4 Å². The quantitative estimate of drug-likeness (QED) is 0.788. The summed E-state index contributed by atoms with van der Waals surface area (Å²) in [7, 11) is 0. The average Bonchev–Trinajstić information content (AvgIpc) is 2.11. The lowest BCUT2D eigenvalue weighted by atomic mass is 10.1. The number of hydrogen-bond acceptors (Lipinski definition) is 2. The summed E-state index contributed by atoms with van der Waals surface area (Å²) in [5.41, 5.74) is 1.01. The Bertz CT molecular complexity index is 326. The molecule has 1 heterocycles. The molecule has 1 rings (SSSR count). The zero-order valence-corrected chi connectivity index (χ0v) is 11.0. The number of aryl methyl sites for hydroxylation is 1. The van der Waals surface area contributed by atoms with Gasteiger partial charge in [-0.25, -0.2) is 9.97 Å². The minimum Gasteiger partial charge on any atom is -0.237 e. The molecule has 0 fully saturated rings. The van der Waals surface area contributed by atoms with Gasteiger partial charge < -0.3 is 0 Å². The van der Waals surface area contributed by atoms with Gasteiger partial charge in [0.05, 0.1) is 10.2 Å². The molecule has 0 saturated carbocycles. The highest BCUT2D eigenvalue weighted by molar-refractivity contribution is 9.10. The maximum atomic E-state index is 5.98. The lowest BCUT2D eigenvalue weighted by Gasteiger charge is -2.08. The molecule has 4 heteroatoms. The van der Waals surface area contributed by atoms with Gasteiger partial charge in [0.2, 0.25) is 0 Å². The van der Waals surface area contributed by atoms with Crippen molar-refractivity contribution in [2.75, 3.05) is 0 Å². The van der Waals surface area contributed by atoms with Gasteiger partial charge in [-0.15, -0.1) is 0 Å². The molecule has 0 atom stereocenters. The van der Waals surface area contributed by atoms with Crippen LogP contribution in [-0.2, 0) is 12.8 Å². The van der Waals surface area contributed by atoms with Crippen LogP contribution >= 0.6 is 27.5 Å². The van der Waals surface area contributed by atoms with E-state index in [1.54, 1.807) is 0 Å². The van der Waals surface area contributed by atoms with E-state index in [-0.39, 0.29) is 0 Å². The molecule has 78 valence electrons. The minimum atomic E-state index is 0.521. The van der Waals surface area contributed by atoms with Crippen molar-refractivity contribution < 1.29 is 0 Å². The molecule has 2 nitrogen and oxygen atoms in total. The van der Waals surface area contributed by atoms with Gasteiger partial charge in [0.1, 0.15) is 11.0 Å². The van der Waals surface area contributed by atoms with E-state index in [4.69, 9.17) is 11.6 Å². The second kappa shape index (κ2) is 5.08. The maximum Gasteiger partial charge on any atom is 0.147 e. The zero-order chi connectivity index (χ0) is 10.7. The Morgan fingerprint density at radius 2 is 2.00 bits per heavy atom. The van der Waals surface area contributed by atoms with Gasteiger partial charge in [0.15, 0.2) is 0 Å². The molecule has 1 aromatic heterocycles. The molecule has 0 N–H and O–H groups in total. The van der Waals surface area contributed by atoms with Crippen molar-refractivity contribution >= 4 is 27.5 Å². The first kappa shape index (κ1) is 11.9. The number of nitrogens with zero attached hydrogens (tertiary/aromatic N) is 2. The van der Waals surface area contributed by atoms with Crippen LogP contribution in [0.2, 0.25) is 5.15 Å². The fourth-order valence-corrected chi connectivity index (χ4v) is 1.74. The van der Waals surface area contributed by atoms with Crippen molar-refractivity contribution in [2.24, 2.45) is 5.92 Å². The summed E-state index contributed by atoms with van der Waals surface area (Å²) in [4.78, 5) is 8.62.